The molecule has 0 bridgehead atoms. The van der Waals surface area contributed by atoms with Crippen LogP contribution < -0.4 is 0 Å². The predicted octanol–water partition coefficient (Wildman–Crippen LogP) is 20.6. The van der Waals surface area contributed by atoms with Gasteiger partial charge in [0.1, 0.15) is 19.3 Å². The van der Waals surface area contributed by atoms with Crippen molar-refractivity contribution < 1.29 is 80.2 Å². The van der Waals surface area contributed by atoms with Crippen LogP contribution in [0.15, 0.2) is 0 Å². The van der Waals surface area contributed by atoms with Gasteiger partial charge in [-0.3, -0.25) is 37.3 Å². The highest BCUT2D eigenvalue weighted by atomic mass is 31.2. The van der Waals surface area contributed by atoms with E-state index < -0.39 is 97.5 Å². The minimum Gasteiger partial charge on any atom is -0.462 e. The van der Waals surface area contributed by atoms with Gasteiger partial charge in [0.25, 0.3) is 0 Å². The van der Waals surface area contributed by atoms with Gasteiger partial charge >= 0.3 is 39.5 Å². The average molecular weight is 1340 g/mol. The fourth-order valence-electron chi connectivity index (χ4n) is 10.8. The second kappa shape index (κ2) is 62.8. The van der Waals surface area contributed by atoms with Crippen molar-refractivity contribution in [1.29, 1.82) is 0 Å². The van der Waals surface area contributed by atoms with Crippen molar-refractivity contribution in [2.75, 3.05) is 39.6 Å². The molecule has 0 rings (SSSR count). The molecule has 0 fully saturated rings. The fourth-order valence-corrected chi connectivity index (χ4v) is 12.4. The Balaban J connectivity index is 5.27. The highest BCUT2D eigenvalue weighted by molar-refractivity contribution is 7.47. The number of carbonyl (C=O) groups excluding carboxylic acids is 4. The molecule has 0 amide bonds. The third-order valence-corrected chi connectivity index (χ3v) is 19.6. The van der Waals surface area contributed by atoms with Crippen molar-refractivity contribution in [3.63, 3.8) is 0 Å². The van der Waals surface area contributed by atoms with Crippen molar-refractivity contribution >= 4 is 39.5 Å². The highest BCUT2D eigenvalue weighted by Gasteiger charge is 2.30. The summed E-state index contributed by atoms with van der Waals surface area (Å²) in [5.74, 6) is 0.185. The van der Waals surface area contributed by atoms with Gasteiger partial charge in [-0.15, -0.1) is 0 Å². The molecule has 0 saturated heterocycles. The van der Waals surface area contributed by atoms with E-state index in [0.29, 0.717) is 25.7 Å². The lowest BCUT2D eigenvalue weighted by Crippen LogP contribution is -2.30. The van der Waals surface area contributed by atoms with Gasteiger partial charge in [0, 0.05) is 25.7 Å². The number of ether oxygens (including phenoxy) is 4. The zero-order valence-electron chi connectivity index (χ0n) is 59.3. The SMILES string of the molecule is CCCCCCCCCCCCCCCCCC(=O)O[C@H](COC(=O)CCCCCCCCCCCCC(C)CC)COP(=O)(O)OC[C@@H](O)COP(=O)(O)OC[C@@H](COC(=O)CCCCCCCCC(C)CC)OC(=O)CCCCCCCCCCC(C)CC. The first kappa shape index (κ1) is 89.1. The smallest absolute Gasteiger partial charge is 0.462 e. The molecule has 19 heteroatoms. The van der Waals surface area contributed by atoms with E-state index in [1.54, 1.807) is 0 Å². The number of aliphatic hydroxyl groups is 1. The lowest BCUT2D eigenvalue weighted by atomic mass is 9.99. The monoisotopic (exact) mass is 1340 g/mol. The van der Waals surface area contributed by atoms with E-state index in [1.165, 1.54) is 167 Å². The van der Waals surface area contributed by atoms with Gasteiger partial charge in [0.15, 0.2) is 12.2 Å². The van der Waals surface area contributed by atoms with Crippen LogP contribution in [-0.2, 0) is 65.4 Å². The number of aliphatic hydroxyl groups excluding tert-OH is 1. The van der Waals surface area contributed by atoms with E-state index in [-0.39, 0.29) is 25.7 Å². The quantitative estimate of drug-likeness (QED) is 0.0222. The summed E-state index contributed by atoms with van der Waals surface area (Å²) in [7, 11) is -9.91. The lowest BCUT2D eigenvalue weighted by Gasteiger charge is -2.21. The maximum absolute atomic E-state index is 13.0. The predicted molar refractivity (Wildman–Crippen MR) is 368 cm³/mol. The number of hydrogen-bond donors (Lipinski definition) is 3. The molecule has 0 aliphatic rings. The summed E-state index contributed by atoms with van der Waals surface area (Å²) in [6, 6.07) is 0. The van der Waals surface area contributed by atoms with Gasteiger partial charge in [-0.2, -0.15) is 0 Å². The third kappa shape index (κ3) is 62.6. The van der Waals surface area contributed by atoms with Crippen LogP contribution in [0.3, 0.4) is 0 Å². The molecule has 0 aromatic carbocycles. The summed E-state index contributed by atoms with van der Waals surface area (Å²) in [6.45, 7) is 11.9. The number of phosphoric acid groups is 2. The van der Waals surface area contributed by atoms with Crippen LogP contribution in [0.5, 0.6) is 0 Å². The maximum Gasteiger partial charge on any atom is 0.472 e. The fraction of sp³-hybridized carbons (Fsp3) is 0.944. The standard InChI is InChI=1S/C72H140O17P2/c1-8-12-13-14-15-16-17-18-19-20-21-26-32-41-48-55-71(76)88-67(59-82-69(74)53-46-39-31-25-23-22-24-29-36-43-50-63(5)9-2)61-86-90(78,79)84-57-66(73)58-85-91(80,81)87-62-68(60-83-70(75)54-47-40-35-34-38-45-52-65(7)11-4)89-72(77)56-49-42-33-28-27-30-37-44-51-64(6)10-3/h63-68,73H,8-62H2,1-7H3,(H,78,79)(H,80,81)/t63?,64?,65?,66-,67-,68-/m1/s1. The van der Waals surface area contributed by atoms with E-state index in [1.807, 2.05) is 0 Å². The average Bonchev–Trinajstić information content (AvgIpc) is 2.46. The number of unbranched alkanes of at least 4 members (excludes halogenated alkanes) is 35. The zero-order chi connectivity index (χ0) is 67.3. The molecule has 0 aromatic rings. The Labute approximate surface area is 556 Å². The molecule has 0 aliphatic heterocycles. The van der Waals surface area contributed by atoms with Gasteiger partial charge in [0.05, 0.1) is 26.4 Å². The Bertz CT molecular complexity index is 1790. The van der Waals surface area contributed by atoms with E-state index in [4.69, 9.17) is 37.0 Å². The van der Waals surface area contributed by atoms with Crippen LogP contribution in [0.4, 0.5) is 0 Å². The summed E-state index contributed by atoms with van der Waals surface area (Å²) >= 11 is 0. The first-order valence-corrected chi connectivity index (χ1v) is 40.5. The van der Waals surface area contributed by atoms with E-state index in [9.17, 15) is 43.2 Å². The summed E-state index contributed by atoms with van der Waals surface area (Å²) < 4.78 is 68.4. The molecule has 0 heterocycles. The van der Waals surface area contributed by atoms with Gasteiger partial charge < -0.3 is 33.8 Å². The molecule has 0 radical (unpaired) electrons. The molecule has 0 saturated carbocycles. The number of carbonyl (C=O) groups is 4. The molecular formula is C72H140O17P2. The van der Waals surface area contributed by atoms with E-state index in [0.717, 1.165) is 114 Å². The first-order chi connectivity index (χ1) is 43.8. The Morgan fingerprint density at radius 3 is 0.780 bits per heavy atom. The maximum atomic E-state index is 13.0. The van der Waals surface area contributed by atoms with Crippen molar-refractivity contribution in [2.24, 2.45) is 17.8 Å². The van der Waals surface area contributed by atoms with Crippen molar-refractivity contribution in [1.82, 2.24) is 0 Å². The van der Waals surface area contributed by atoms with Gasteiger partial charge in [-0.1, -0.05) is 312 Å². The second-order valence-electron chi connectivity index (χ2n) is 26.7. The van der Waals surface area contributed by atoms with Crippen LogP contribution in [-0.4, -0.2) is 96.7 Å². The summed E-state index contributed by atoms with van der Waals surface area (Å²) in [4.78, 5) is 72.7. The highest BCUT2D eigenvalue weighted by Crippen LogP contribution is 2.45. The van der Waals surface area contributed by atoms with Crippen molar-refractivity contribution in [2.45, 2.75) is 381 Å². The van der Waals surface area contributed by atoms with Crippen molar-refractivity contribution in [3.05, 3.63) is 0 Å². The largest absolute Gasteiger partial charge is 0.472 e. The number of esters is 4. The van der Waals surface area contributed by atoms with Gasteiger partial charge in [-0.25, -0.2) is 9.13 Å². The molecule has 0 aromatic heterocycles. The Morgan fingerprint density at radius 1 is 0.308 bits per heavy atom. The molecule has 540 valence electrons. The molecular weight excluding hydrogens is 1200 g/mol. The Kier molecular flexibility index (Phi) is 61.5. The van der Waals surface area contributed by atoms with Crippen LogP contribution in [0.2, 0.25) is 0 Å². The topological polar surface area (TPSA) is 237 Å². The number of rotatable bonds is 70. The van der Waals surface area contributed by atoms with Crippen molar-refractivity contribution in [3.8, 4) is 0 Å². The molecule has 0 aliphatic carbocycles. The number of phosphoric ester groups is 2. The molecule has 5 unspecified atom stereocenters. The normalized spacial score (nSPS) is 15.1. The molecule has 17 nitrogen and oxygen atoms in total. The molecule has 91 heavy (non-hydrogen) atoms. The Morgan fingerprint density at radius 2 is 0.527 bits per heavy atom. The summed E-state index contributed by atoms with van der Waals surface area (Å²) in [6.07, 6.45) is 47.0. The number of hydrogen-bond acceptors (Lipinski definition) is 15. The summed E-state index contributed by atoms with van der Waals surface area (Å²) in [5.41, 5.74) is 0. The Hall–Kier alpha value is -1.94. The lowest BCUT2D eigenvalue weighted by molar-refractivity contribution is -0.161. The van der Waals surface area contributed by atoms with E-state index in [2.05, 4.69) is 48.5 Å². The molecule has 3 N–H and O–H groups in total. The first-order valence-electron chi connectivity index (χ1n) is 37.5. The van der Waals surface area contributed by atoms with E-state index >= 15 is 0 Å². The third-order valence-electron chi connectivity index (χ3n) is 17.7. The minimum absolute atomic E-state index is 0.104. The van der Waals surface area contributed by atoms with Crippen LogP contribution in [0, 0.1) is 17.8 Å². The summed E-state index contributed by atoms with van der Waals surface area (Å²) in [5, 5.41) is 10.6. The van der Waals surface area contributed by atoms with Gasteiger partial charge in [-0.05, 0) is 43.4 Å². The zero-order valence-corrected chi connectivity index (χ0v) is 61.1. The second-order valence-corrected chi connectivity index (χ2v) is 29.6. The van der Waals surface area contributed by atoms with Crippen LogP contribution >= 0.6 is 15.6 Å². The molecule has 0 spiro atoms. The van der Waals surface area contributed by atoms with Gasteiger partial charge in [0.2, 0.25) is 0 Å². The minimum atomic E-state index is -4.95. The molecule has 8 atom stereocenters. The van der Waals surface area contributed by atoms with Crippen LogP contribution in [0.1, 0.15) is 363 Å². The van der Waals surface area contributed by atoms with Crippen LogP contribution in [0.25, 0.3) is 0 Å².